The topological polar surface area (TPSA) is 76.9 Å². The number of hydrogen-bond acceptors (Lipinski definition) is 4. The zero-order chi connectivity index (χ0) is 13.1. The molecule has 0 aliphatic heterocycles. The first-order chi connectivity index (χ1) is 8.72. The van der Waals surface area contributed by atoms with Crippen LogP contribution in [0.1, 0.15) is 24.9 Å². The molecule has 1 heterocycles. The molecule has 18 heavy (non-hydrogen) atoms. The molecule has 0 spiro atoms. The number of nitrogens with two attached hydrogens (primary N) is 1. The Morgan fingerprint density at radius 3 is 2.94 bits per heavy atom. The minimum atomic E-state index is 0.133. The predicted molar refractivity (Wildman–Crippen MR) is 70.1 cm³/mol. The molecule has 94 valence electrons. The number of anilines is 1. The summed E-state index contributed by atoms with van der Waals surface area (Å²) in [6, 6.07) is 7.79. The van der Waals surface area contributed by atoms with Gasteiger partial charge in [-0.1, -0.05) is 13.0 Å². The molecule has 1 aromatic heterocycles. The Kier molecular flexibility index (Phi) is 3.49. The second-order valence-electron chi connectivity index (χ2n) is 4.14. The highest BCUT2D eigenvalue weighted by Gasteiger charge is 2.17. The van der Waals surface area contributed by atoms with E-state index in [0.717, 1.165) is 11.9 Å². The average Bonchev–Trinajstić information content (AvgIpc) is 2.72. The molecule has 2 aromatic rings. The number of methoxy groups -OCH3 is 1. The Morgan fingerprint density at radius 2 is 2.33 bits per heavy atom. The summed E-state index contributed by atoms with van der Waals surface area (Å²) < 4.78 is 7.15. The molecule has 0 aliphatic carbocycles. The monoisotopic (exact) mass is 244 g/mol. The fourth-order valence-electron chi connectivity index (χ4n) is 2.18. The van der Waals surface area contributed by atoms with E-state index in [-0.39, 0.29) is 6.04 Å². The summed E-state index contributed by atoms with van der Waals surface area (Å²) in [5.41, 5.74) is 8.06. The van der Waals surface area contributed by atoms with Crippen LogP contribution in [-0.4, -0.2) is 23.3 Å². The number of nitrogen functional groups attached to an aromatic ring is 1. The van der Waals surface area contributed by atoms with Crippen molar-refractivity contribution >= 4 is 17.0 Å². The maximum atomic E-state index is 9.07. The number of aromatic nitrogens is 2. The average molecular weight is 244 g/mol. The lowest BCUT2D eigenvalue weighted by Gasteiger charge is -2.18. The number of rotatable bonds is 4. The molecule has 1 atom stereocenters. The lowest BCUT2D eigenvalue weighted by molar-refractivity contribution is 0.155. The summed E-state index contributed by atoms with van der Waals surface area (Å²) in [6.07, 6.45) is 0.889. The maximum absolute atomic E-state index is 9.07. The van der Waals surface area contributed by atoms with Crippen molar-refractivity contribution in [3.05, 3.63) is 23.8 Å². The van der Waals surface area contributed by atoms with Crippen molar-refractivity contribution in [1.29, 1.82) is 5.26 Å². The highest BCUT2D eigenvalue weighted by Crippen LogP contribution is 2.26. The van der Waals surface area contributed by atoms with Gasteiger partial charge in [0.25, 0.3) is 0 Å². The number of imidazole rings is 1. The fourth-order valence-corrected chi connectivity index (χ4v) is 2.18. The van der Waals surface area contributed by atoms with E-state index in [9.17, 15) is 0 Å². The molecule has 2 N–H and O–H groups in total. The van der Waals surface area contributed by atoms with Crippen molar-refractivity contribution in [1.82, 2.24) is 9.55 Å². The molecule has 5 nitrogen and oxygen atoms in total. The van der Waals surface area contributed by atoms with Gasteiger partial charge in [-0.05, 0) is 18.6 Å². The Morgan fingerprint density at radius 1 is 1.56 bits per heavy atom. The van der Waals surface area contributed by atoms with Crippen LogP contribution < -0.4 is 5.73 Å². The molecule has 2 rings (SSSR count). The molecule has 0 aliphatic rings. The van der Waals surface area contributed by atoms with E-state index >= 15 is 0 Å². The summed E-state index contributed by atoms with van der Waals surface area (Å²) in [5, 5.41) is 9.07. The third kappa shape index (κ3) is 1.91. The van der Waals surface area contributed by atoms with Crippen LogP contribution in [0, 0.1) is 11.3 Å². The third-order valence-corrected chi connectivity index (χ3v) is 3.06. The van der Waals surface area contributed by atoms with Gasteiger partial charge in [0.1, 0.15) is 11.6 Å². The summed E-state index contributed by atoms with van der Waals surface area (Å²) in [6.45, 7) is 2.64. The highest BCUT2D eigenvalue weighted by atomic mass is 16.5. The first-order valence-electron chi connectivity index (χ1n) is 5.88. The summed E-state index contributed by atoms with van der Waals surface area (Å²) in [4.78, 5) is 4.30. The Balaban J connectivity index is 2.64. The lowest BCUT2D eigenvalue weighted by atomic mass is 10.2. The fraction of sp³-hybridized carbons (Fsp3) is 0.385. The minimum Gasteiger partial charge on any atom is -0.383 e. The van der Waals surface area contributed by atoms with Crippen molar-refractivity contribution in [3.63, 3.8) is 0 Å². The van der Waals surface area contributed by atoms with Gasteiger partial charge in [0.2, 0.25) is 5.95 Å². The molecule has 1 unspecified atom stereocenters. The zero-order valence-corrected chi connectivity index (χ0v) is 10.6. The highest BCUT2D eigenvalue weighted by molar-refractivity contribution is 5.84. The van der Waals surface area contributed by atoms with Crippen LogP contribution in [0.25, 0.3) is 11.0 Å². The second-order valence-corrected chi connectivity index (χ2v) is 4.14. The number of nitriles is 1. The number of ether oxygens (including phenoxy) is 1. The molecule has 5 heteroatoms. The van der Waals surface area contributed by atoms with E-state index in [0.29, 0.717) is 23.6 Å². The smallest absolute Gasteiger partial charge is 0.201 e. The van der Waals surface area contributed by atoms with Crippen LogP contribution in [0.4, 0.5) is 5.95 Å². The quantitative estimate of drug-likeness (QED) is 0.893. The predicted octanol–water partition coefficient (Wildman–Crippen LogP) is 2.09. The van der Waals surface area contributed by atoms with Gasteiger partial charge in [0.15, 0.2) is 0 Å². The first kappa shape index (κ1) is 12.4. The molecule has 0 saturated heterocycles. The van der Waals surface area contributed by atoms with Crippen LogP contribution in [-0.2, 0) is 4.74 Å². The molecule has 0 amide bonds. The summed E-state index contributed by atoms with van der Waals surface area (Å²) in [7, 11) is 1.67. The van der Waals surface area contributed by atoms with Gasteiger partial charge in [0, 0.05) is 7.11 Å². The molecular formula is C13H16N4O. The van der Waals surface area contributed by atoms with E-state index in [1.54, 1.807) is 13.2 Å². The maximum Gasteiger partial charge on any atom is 0.201 e. The van der Waals surface area contributed by atoms with Crippen molar-refractivity contribution in [2.45, 2.75) is 19.4 Å². The molecule has 0 saturated carbocycles. The molecule has 0 bridgehead atoms. The van der Waals surface area contributed by atoms with Crippen molar-refractivity contribution in [2.24, 2.45) is 0 Å². The number of hydrogen-bond donors (Lipinski definition) is 1. The third-order valence-electron chi connectivity index (χ3n) is 3.06. The van der Waals surface area contributed by atoms with Gasteiger partial charge in [-0.2, -0.15) is 5.26 Å². The van der Waals surface area contributed by atoms with E-state index in [2.05, 4.69) is 18.0 Å². The number of fused-ring (bicyclic) bond motifs is 1. The van der Waals surface area contributed by atoms with E-state index in [1.807, 2.05) is 16.7 Å². The first-order valence-corrected chi connectivity index (χ1v) is 5.88. The second kappa shape index (κ2) is 5.07. The normalized spacial score (nSPS) is 12.5. The van der Waals surface area contributed by atoms with Crippen LogP contribution in [0.3, 0.4) is 0 Å². The van der Waals surface area contributed by atoms with Crippen LogP contribution in [0.2, 0.25) is 0 Å². The van der Waals surface area contributed by atoms with Gasteiger partial charge in [-0.25, -0.2) is 4.98 Å². The van der Waals surface area contributed by atoms with E-state index < -0.39 is 0 Å². The summed E-state index contributed by atoms with van der Waals surface area (Å²) in [5.74, 6) is 0.427. The molecular weight excluding hydrogens is 228 g/mol. The van der Waals surface area contributed by atoms with Gasteiger partial charge in [0.05, 0.1) is 23.7 Å². The number of benzene rings is 1. The largest absolute Gasteiger partial charge is 0.383 e. The molecule has 0 fully saturated rings. The Labute approximate surface area is 106 Å². The van der Waals surface area contributed by atoms with Gasteiger partial charge in [-0.3, -0.25) is 0 Å². The SMILES string of the molecule is CCC(COC)n1c(N)nc2c(C#N)cccc21. The standard InChI is InChI=1S/C13H16N4O/c1-3-10(8-18-2)17-11-6-4-5-9(7-14)12(11)16-13(17)15/h4-6,10H,3,8H2,1-2H3,(H2,15,16). The Hall–Kier alpha value is -2.06. The van der Waals surface area contributed by atoms with Crippen LogP contribution in [0.5, 0.6) is 0 Å². The number of nitrogens with zero attached hydrogens (tertiary/aromatic N) is 3. The van der Waals surface area contributed by atoms with Crippen molar-refractivity contribution in [3.8, 4) is 6.07 Å². The molecule has 1 aromatic carbocycles. The molecule has 0 radical (unpaired) electrons. The van der Waals surface area contributed by atoms with Gasteiger partial charge in [-0.15, -0.1) is 0 Å². The van der Waals surface area contributed by atoms with E-state index in [4.69, 9.17) is 15.7 Å². The summed E-state index contributed by atoms with van der Waals surface area (Å²) >= 11 is 0. The van der Waals surface area contributed by atoms with Crippen molar-refractivity contribution in [2.75, 3.05) is 19.5 Å². The Bertz CT molecular complexity index is 597. The lowest BCUT2D eigenvalue weighted by Crippen LogP contribution is -2.15. The van der Waals surface area contributed by atoms with Crippen LogP contribution in [0.15, 0.2) is 18.2 Å². The van der Waals surface area contributed by atoms with Crippen LogP contribution >= 0.6 is 0 Å². The van der Waals surface area contributed by atoms with E-state index in [1.165, 1.54) is 0 Å². The van der Waals surface area contributed by atoms with Crippen molar-refractivity contribution < 1.29 is 4.74 Å². The number of para-hydroxylation sites is 1. The van der Waals surface area contributed by atoms with Gasteiger partial charge >= 0.3 is 0 Å². The van der Waals surface area contributed by atoms with Gasteiger partial charge < -0.3 is 15.0 Å². The minimum absolute atomic E-state index is 0.133. The zero-order valence-electron chi connectivity index (χ0n) is 10.6.